The van der Waals surface area contributed by atoms with E-state index >= 15 is 0 Å². The third kappa shape index (κ3) is 4.57. The van der Waals surface area contributed by atoms with E-state index in [0.717, 1.165) is 0 Å². The number of rotatable bonds is 5. The molecule has 3 rings (SSSR count). The van der Waals surface area contributed by atoms with Crippen LogP contribution in [0.1, 0.15) is 27.0 Å². The molecule has 29 heavy (non-hydrogen) atoms. The lowest BCUT2D eigenvalue weighted by Crippen LogP contribution is -2.40. The number of hydrogen-bond acceptors (Lipinski definition) is 10. The quantitative estimate of drug-likeness (QED) is 0.287. The van der Waals surface area contributed by atoms with E-state index in [0.29, 0.717) is 0 Å². The van der Waals surface area contributed by atoms with Gasteiger partial charge in [0.2, 0.25) is 5.28 Å². The van der Waals surface area contributed by atoms with E-state index in [1.54, 1.807) is 0 Å². The molecular formula is C16H16Cl2N4O7. The number of fused-ring (bicyclic) bond motifs is 1. The minimum Gasteiger partial charge on any atom is -0.463 e. The number of esters is 3. The van der Waals surface area contributed by atoms with Crippen LogP contribution in [0.15, 0.2) is 6.33 Å². The first-order chi connectivity index (χ1) is 13.7. The van der Waals surface area contributed by atoms with Gasteiger partial charge in [0.1, 0.15) is 18.2 Å². The Morgan fingerprint density at radius 2 is 1.72 bits per heavy atom. The fourth-order valence-electron chi connectivity index (χ4n) is 2.96. The van der Waals surface area contributed by atoms with E-state index in [4.69, 9.17) is 42.1 Å². The van der Waals surface area contributed by atoms with Crippen LogP contribution in [0.5, 0.6) is 0 Å². The Bertz CT molecular complexity index is 966. The number of halogens is 2. The molecule has 0 aliphatic carbocycles. The molecule has 2 aromatic rings. The van der Waals surface area contributed by atoms with Crippen molar-refractivity contribution in [3.05, 3.63) is 16.8 Å². The van der Waals surface area contributed by atoms with Crippen LogP contribution in [0, 0.1) is 0 Å². The smallest absolute Gasteiger partial charge is 0.303 e. The molecule has 0 N–H and O–H groups in total. The molecule has 1 unspecified atom stereocenters. The van der Waals surface area contributed by atoms with Crippen LogP contribution < -0.4 is 0 Å². The summed E-state index contributed by atoms with van der Waals surface area (Å²) in [5, 5.41) is -0.104. The number of carbonyl (C=O) groups is 3. The summed E-state index contributed by atoms with van der Waals surface area (Å²) in [6, 6.07) is 0. The molecule has 1 aliphatic heterocycles. The number of ether oxygens (including phenoxy) is 4. The van der Waals surface area contributed by atoms with Crippen molar-refractivity contribution in [3.8, 4) is 0 Å². The lowest BCUT2D eigenvalue weighted by molar-refractivity contribution is -0.166. The fraction of sp³-hybridized carbons (Fsp3) is 0.500. The Labute approximate surface area is 174 Å². The van der Waals surface area contributed by atoms with E-state index in [2.05, 4.69) is 15.0 Å². The van der Waals surface area contributed by atoms with Gasteiger partial charge in [0.15, 0.2) is 29.2 Å². The first-order valence-corrected chi connectivity index (χ1v) is 9.11. The van der Waals surface area contributed by atoms with Gasteiger partial charge >= 0.3 is 17.9 Å². The number of nitrogens with zero attached hydrogens (tertiary/aromatic N) is 4. The van der Waals surface area contributed by atoms with Gasteiger partial charge in [-0.1, -0.05) is 11.6 Å². The van der Waals surface area contributed by atoms with Crippen LogP contribution in [0.2, 0.25) is 10.4 Å². The molecule has 2 aromatic heterocycles. The van der Waals surface area contributed by atoms with Crippen molar-refractivity contribution in [3.63, 3.8) is 0 Å². The third-order valence-corrected chi connectivity index (χ3v) is 4.40. The normalized spacial score (nSPS) is 23.8. The maximum absolute atomic E-state index is 11.7. The number of aromatic nitrogens is 4. The molecule has 0 bridgehead atoms. The Kier molecular flexibility index (Phi) is 6.20. The molecule has 4 atom stereocenters. The Balaban J connectivity index is 2.04. The summed E-state index contributed by atoms with van der Waals surface area (Å²) in [5.41, 5.74) is 0.459. The molecule has 156 valence electrons. The van der Waals surface area contributed by atoms with Gasteiger partial charge in [-0.2, -0.15) is 4.98 Å². The zero-order valence-corrected chi connectivity index (χ0v) is 17.0. The van der Waals surface area contributed by atoms with Gasteiger partial charge in [0.05, 0.1) is 6.33 Å². The average molecular weight is 447 g/mol. The van der Waals surface area contributed by atoms with Gasteiger partial charge in [-0.05, 0) is 11.6 Å². The van der Waals surface area contributed by atoms with Crippen molar-refractivity contribution >= 4 is 52.3 Å². The highest BCUT2D eigenvalue weighted by molar-refractivity contribution is 6.35. The Hall–Kier alpha value is -2.50. The minimum atomic E-state index is -1.08. The van der Waals surface area contributed by atoms with Gasteiger partial charge < -0.3 is 18.9 Å². The second-order valence-electron chi connectivity index (χ2n) is 6.12. The topological polar surface area (TPSA) is 132 Å². The maximum Gasteiger partial charge on any atom is 0.303 e. The molecule has 1 fully saturated rings. The summed E-state index contributed by atoms with van der Waals surface area (Å²) in [4.78, 5) is 46.6. The number of hydrogen-bond donors (Lipinski definition) is 0. The molecule has 0 spiro atoms. The van der Waals surface area contributed by atoms with Crippen molar-refractivity contribution in [1.82, 2.24) is 19.5 Å². The Morgan fingerprint density at radius 1 is 1.07 bits per heavy atom. The van der Waals surface area contributed by atoms with Gasteiger partial charge in [-0.3, -0.25) is 19.0 Å². The minimum absolute atomic E-state index is 0.0220. The molecule has 13 heteroatoms. The predicted octanol–water partition coefficient (Wildman–Crippen LogP) is 1.46. The van der Waals surface area contributed by atoms with Crippen molar-refractivity contribution in [2.75, 3.05) is 6.61 Å². The fourth-order valence-corrected chi connectivity index (χ4v) is 3.38. The van der Waals surface area contributed by atoms with Crippen LogP contribution >= 0.6 is 23.2 Å². The zero-order valence-electron chi connectivity index (χ0n) is 15.5. The molecule has 0 amide bonds. The number of carbonyl (C=O) groups excluding carboxylic acids is 3. The molecule has 0 saturated carbocycles. The summed E-state index contributed by atoms with van der Waals surface area (Å²) < 4.78 is 23.0. The van der Waals surface area contributed by atoms with Gasteiger partial charge in [0, 0.05) is 20.8 Å². The molecule has 3 heterocycles. The van der Waals surface area contributed by atoms with Gasteiger partial charge in [-0.25, -0.2) is 9.97 Å². The summed E-state index contributed by atoms with van der Waals surface area (Å²) in [6.45, 7) is 3.38. The zero-order chi connectivity index (χ0) is 21.3. The van der Waals surface area contributed by atoms with Gasteiger partial charge in [-0.15, -0.1) is 0 Å². The standard InChI is InChI=1S/C16H16Cl2N4O7/c1-6(23)26-4-9-11(27-7(2)24)12(28-8(3)25)15(29-9)22-5-19-10-13(17)20-16(18)21-14(10)22/h5,9,11-12,15H,4H2,1-3H3/t9-,11?,12+,15-/m1/s1. The van der Waals surface area contributed by atoms with E-state index < -0.39 is 42.4 Å². The summed E-state index contributed by atoms with van der Waals surface area (Å²) in [6.07, 6.45) is -2.71. The maximum atomic E-state index is 11.7. The van der Waals surface area contributed by atoms with Crippen molar-refractivity contribution in [2.45, 2.75) is 45.3 Å². The van der Waals surface area contributed by atoms with E-state index in [9.17, 15) is 14.4 Å². The average Bonchev–Trinajstić information content (AvgIpc) is 3.15. The highest BCUT2D eigenvalue weighted by atomic mass is 35.5. The van der Waals surface area contributed by atoms with Crippen molar-refractivity contribution < 1.29 is 33.3 Å². The monoisotopic (exact) mass is 446 g/mol. The van der Waals surface area contributed by atoms with Crippen LogP contribution in [0.25, 0.3) is 11.2 Å². The molecule has 0 radical (unpaired) electrons. The lowest BCUT2D eigenvalue weighted by Gasteiger charge is -2.23. The number of imidazole rings is 1. The highest BCUT2D eigenvalue weighted by Crippen LogP contribution is 2.36. The molecule has 11 nitrogen and oxygen atoms in total. The molecule has 0 aromatic carbocycles. The Morgan fingerprint density at radius 3 is 2.34 bits per heavy atom. The SMILES string of the molecule is CC(=O)OC[C@H]1O[C@@H](n2cnc3c(Cl)nc(Cl)nc32)[C@@H](OC(C)=O)C1OC(C)=O. The predicted molar refractivity (Wildman–Crippen MR) is 97.0 cm³/mol. The van der Waals surface area contributed by atoms with Crippen LogP contribution in [0.4, 0.5) is 0 Å². The lowest BCUT2D eigenvalue weighted by atomic mass is 10.1. The first kappa shape index (κ1) is 21.2. The second-order valence-corrected chi connectivity index (χ2v) is 6.82. The summed E-state index contributed by atoms with van der Waals surface area (Å²) in [7, 11) is 0. The van der Waals surface area contributed by atoms with E-state index in [-0.39, 0.29) is 28.2 Å². The second kappa shape index (κ2) is 8.47. The van der Waals surface area contributed by atoms with E-state index in [1.807, 2.05) is 0 Å². The first-order valence-electron chi connectivity index (χ1n) is 8.36. The van der Waals surface area contributed by atoms with Gasteiger partial charge in [0.25, 0.3) is 0 Å². The largest absolute Gasteiger partial charge is 0.463 e. The van der Waals surface area contributed by atoms with E-state index in [1.165, 1.54) is 31.7 Å². The highest BCUT2D eigenvalue weighted by Gasteiger charge is 2.51. The molecule has 1 saturated heterocycles. The van der Waals surface area contributed by atoms with Crippen molar-refractivity contribution in [1.29, 1.82) is 0 Å². The molecule has 1 aliphatic rings. The third-order valence-electron chi connectivity index (χ3n) is 3.97. The van der Waals surface area contributed by atoms with Crippen LogP contribution in [0.3, 0.4) is 0 Å². The summed E-state index contributed by atoms with van der Waals surface area (Å²) in [5.74, 6) is -1.82. The van der Waals surface area contributed by atoms with Crippen LogP contribution in [-0.2, 0) is 33.3 Å². The van der Waals surface area contributed by atoms with Crippen molar-refractivity contribution in [2.24, 2.45) is 0 Å². The molecular weight excluding hydrogens is 431 g/mol. The summed E-state index contributed by atoms with van der Waals surface area (Å²) >= 11 is 11.9. The van der Waals surface area contributed by atoms with Crippen LogP contribution in [-0.4, -0.2) is 62.3 Å².